The molecule has 0 fully saturated rings. The van der Waals surface area contributed by atoms with E-state index in [1.54, 1.807) is 10.7 Å². The summed E-state index contributed by atoms with van der Waals surface area (Å²) in [7, 11) is 0. The Hall–Kier alpha value is -1.36. The molecule has 1 unspecified atom stereocenters. The van der Waals surface area contributed by atoms with E-state index in [2.05, 4.69) is 10.4 Å². The van der Waals surface area contributed by atoms with Crippen LogP contribution in [0.3, 0.4) is 0 Å². The van der Waals surface area contributed by atoms with Gasteiger partial charge in [0.05, 0.1) is 11.8 Å². The minimum atomic E-state index is -0.340. The number of nitrogens with one attached hydrogen (secondary N) is 1. The van der Waals surface area contributed by atoms with E-state index in [0.717, 1.165) is 5.69 Å². The van der Waals surface area contributed by atoms with Crippen LogP contribution in [0.25, 0.3) is 0 Å². The number of hydrogen-bond donors (Lipinski definition) is 2. The van der Waals surface area contributed by atoms with Crippen molar-refractivity contribution in [2.75, 3.05) is 6.54 Å². The number of aliphatic hydroxyl groups excluding tert-OH is 1. The number of aryl methyl sites for hydroxylation is 2. The van der Waals surface area contributed by atoms with Crippen molar-refractivity contribution in [3.63, 3.8) is 0 Å². The van der Waals surface area contributed by atoms with Crippen molar-refractivity contribution >= 4 is 5.91 Å². The fourth-order valence-electron chi connectivity index (χ4n) is 1.62. The van der Waals surface area contributed by atoms with E-state index in [9.17, 15) is 9.90 Å². The maximum atomic E-state index is 11.9. The summed E-state index contributed by atoms with van der Waals surface area (Å²) in [5, 5.41) is 16.4. The highest BCUT2D eigenvalue weighted by atomic mass is 16.3. The molecule has 0 aromatic carbocycles. The summed E-state index contributed by atoms with van der Waals surface area (Å²) in [6.07, 6.45) is 0.955. The average molecular weight is 239 g/mol. The third-order valence-electron chi connectivity index (χ3n) is 2.67. The second kappa shape index (κ2) is 6.39. The summed E-state index contributed by atoms with van der Waals surface area (Å²) in [6, 6.07) is 1.77. The van der Waals surface area contributed by atoms with Gasteiger partial charge in [0.25, 0.3) is 5.91 Å². The lowest BCUT2D eigenvalue weighted by Gasteiger charge is -2.09. The highest BCUT2D eigenvalue weighted by Gasteiger charge is 2.12. The predicted molar refractivity (Wildman–Crippen MR) is 65.9 cm³/mol. The van der Waals surface area contributed by atoms with E-state index >= 15 is 0 Å². The van der Waals surface area contributed by atoms with Gasteiger partial charge in [-0.05, 0) is 32.8 Å². The van der Waals surface area contributed by atoms with Crippen molar-refractivity contribution < 1.29 is 9.90 Å². The molecule has 17 heavy (non-hydrogen) atoms. The Balaban J connectivity index is 2.52. The molecule has 2 N–H and O–H groups in total. The molecule has 0 aliphatic carbocycles. The van der Waals surface area contributed by atoms with Crippen molar-refractivity contribution in [1.29, 1.82) is 0 Å². The smallest absolute Gasteiger partial charge is 0.269 e. The molecule has 1 aromatic rings. The molecular weight excluding hydrogens is 218 g/mol. The zero-order valence-electron chi connectivity index (χ0n) is 10.7. The third kappa shape index (κ3) is 3.85. The van der Waals surface area contributed by atoms with Gasteiger partial charge in [-0.1, -0.05) is 6.92 Å². The summed E-state index contributed by atoms with van der Waals surface area (Å²) >= 11 is 0. The lowest BCUT2D eigenvalue weighted by atomic mass is 10.2. The van der Waals surface area contributed by atoms with Crippen LogP contribution in [-0.2, 0) is 6.54 Å². The molecule has 1 amide bonds. The Morgan fingerprint density at radius 3 is 2.88 bits per heavy atom. The molecule has 5 nitrogen and oxygen atoms in total. The molecule has 1 heterocycles. The number of aliphatic hydroxyl groups is 1. The van der Waals surface area contributed by atoms with Crippen LogP contribution in [-0.4, -0.2) is 33.4 Å². The summed E-state index contributed by atoms with van der Waals surface area (Å²) in [6.45, 7) is 6.89. The van der Waals surface area contributed by atoms with Gasteiger partial charge in [0.15, 0.2) is 0 Å². The van der Waals surface area contributed by atoms with Crippen molar-refractivity contribution in [3.8, 4) is 0 Å². The maximum Gasteiger partial charge on any atom is 0.269 e. The predicted octanol–water partition coefficient (Wildman–Crippen LogP) is 1.10. The van der Waals surface area contributed by atoms with E-state index in [1.807, 2.05) is 20.8 Å². The topological polar surface area (TPSA) is 67.2 Å². The van der Waals surface area contributed by atoms with Gasteiger partial charge in [0.2, 0.25) is 0 Å². The highest BCUT2D eigenvalue weighted by Crippen LogP contribution is 2.04. The van der Waals surface area contributed by atoms with Gasteiger partial charge in [0, 0.05) is 13.1 Å². The molecule has 0 saturated carbocycles. The lowest BCUT2D eigenvalue weighted by molar-refractivity contribution is 0.0931. The minimum absolute atomic E-state index is 0.129. The van der Waals surface area contributed by atoms with Crippen molar-refractivity contribution in [2.45, 2.75) is 46.3 Å². The molecule has 1 aromatic heterocycles. The molecule has 0 bridgehead atoms. The summed E-state index contributed by atoms with van der Waals surface area (Å²) < 4.78 is 1.68. The normalized spacial score (nSPS) is 12.5. The van der Waals surface area contributed by atoms with E-state index in [0.29, 0.717) is 31.6 Å². The van der Waals surface area contributed by atoms with Gasteiger partial charge in [-0.3, -0.25) is 9.48 Å². The first-order valence-electron chi connectivity index (χ1n) is 6.09. The fraction of sp³-hybridized carbons (Fsp3) is 0.667. The molecule has 0 saturated heterocycles. The van der Waals surface area contributed by atoms with Crippen molar-refractivity contribution in [2.24, 2.45) is 0 Å². The van der Waals surface area contributed by atoms with Crippen molar-refractivity contribution in [1.82, 2.24) is 15.1 Å². The van der Waals surface area contributed by atoms with E-state index in [-0.39, 0.29) is 12.0 Å². The average Bonchev–Trinajstić information content (AvgIpc) is 2.70. The summed E-state index contributed by atoms with van der Waals surface area (Å²) in [5.41, 5.74) is 1.42. The Kier molecular flexibility index (Phi) is 5.15. The summed E-state index contributed by atoms with van der Waals surface area (Å²) in [4.78, 5) is 11.9. The van der Waals surface area contributed by atoms with Crippen LogP contribution >= 0.6 is 0 Å². The third-order valence-corrected chi connectivity index (χ3v) is 2.67. The highest BCUT2D eigenvalue weighted by molar-refractivity contribution is 5.92. The molecule has 1 atom stereocenters. The van der Waals surface area contributed by atoms with Gasteiger partial charge in [0.1, 0.15) is 5.69 Å². The van der Waals surface area contributed by atoms with Crippen LogP contribution in [0.5, 0.6) is 0 Å². The molecule has 1 rings (SSSR count). The number of rotatable bonds is 6. The lowest BCUT2D eigenvalue weighted by Crippen LogP contribution is -2.29. The van der Waals surface area contributed by atoms with Crippen LogP contribution in [0.1, 0.15) is 42.9 Å². The minimum Gasteiger partial charge on any atom is -0.393 e. The van der Waals surface area contributed by atoms with Crippen LogP contribution in [0.15, 0.2) is 6.07 Å². The maximum absolute atomic E-state index is 11.9. The Bertz CT molecular complexity index is 374. The van der Waals surface area contributed by atoms with Gasteiger partial charge in [-0.15, -0.1) is 0 Å². The molecule has 0 aliphatic rings. The fourth-order valence-corrected chi connectivity index (χ4v) is 1.62. The van der Waals surface area contributed by atoms with Gasteiger partial charge >= 0.3 is 0 Å². The Morgan fingerprint density at radius 2 is 2.29 bits per heavy atom. The van der Waals surface area contributed by atoms with Crippen LogP contribution in [0.2, 0.25) is 0 Å². The Morgan fingerprint density at radius 1 is 1.59 bits per heavy atom. The number of amides is 1. The number of aromatic nitrogens is 2. The zero-order chi connectivity index (χ0) is 12.8. The molecule has 0 aliphatic heterocycles. The standard InChI is InChI=1S/C12H21N3O2/c1-4-10(16)6-7-13-12(17)11-8-9(3)14-15(11)5-2/h8,10,16H,4-7H2,1-3H3,(H,13,17). The second-order valence-corrected chi connectivity index (χ2v) is 4.09. The monoisotopic (exact) mass is 239 g/mol. The van der Waals surface area contributed by atoms with Crippen LogP contribution in [0.4, 0.5) is 0 Å². The van der Waals surface area contributed by atoms with Crippen LogP contribution < -0.4 is 5.32 Å². The second-order valence-electron chi connectivity index (χ2n) is 4.09. The van der Waals surface area contributed by atoms with E-state index in [1.165, 1.54) is 0 Å². The van der Waals surface area contributed by atoms with Gasteiger partial charge in [-0.25, -0.2) is 0 Å². The largest absolute Gasteiger partial charge is 0.393 e. The molecule has 5 heteroatoms. The van der Waals surface area contributed by atoms with Crippen molar-refractivity contribution in [3.05, 3.63) is 17.5 Å². The summed E-state index contributed by atoms with van der Waals surface area (Å²) in [5.74, 6) is -0.129. The number of nitrogens with zero attached hydrogens (tertiary/aromatic N) is 2. The van der Waals surface area contributed by atoms with Gasteiger partial charge < -0.3 is 10.4 Å². The Labute approximate surface area is 102 Å². The number of carbonyl (C=O) groups excluding carboxylic acids is 1. The zero-order valence-corrected chi connectivity index (χ0v) is 10.7. The van der Waals surface area contributed by atoms with Gasteiger partial charge in [-0.2, -0.15) is 5.10 Å². The molecule has 0 radical (unpaired) electrons. The SMILES string of the molecule is CCC(O)CCNC(=O)c1cc(C)nn1CC. The van der Waals surface area contributed by atoms with E-state index < -0.39 is 0 Å². The first-order chi connectivity index (χ1) is 8.08. The first-order valence-corrected chi connectivity index (χ1v) is 6.09. The van der Waals surface area contributed by atoms with Crippen LogP contribution in [0, 0.1) is 6.92 Å². The number of carbonyl (C=O) groups is 1. The molecular formula is C12H21N3O2. The first kappa shape index (κ1) is 13.7. The molecule has 0 spiro atoms. The van der Waals surface area contributed by atoms with E-state index in [4.69, 9.17) is 0 Å². The number of hydrogen-bond acceptors (Lipinski definition) is 3. The quantitative estimate of drug-likeness (QED) is 0.781. The molecule has 96 valence electrons.